The molecule has 0 fully saturated rings. The van der Waals surface area contributed by atoms with Gasteiger partial charge in [0.2, 0.25) is 0 Å². The molecule has 0 heterocycles. The van der Waals surface area contributed by atoms with E-state index in [1.807, 2.05) is 0 Å². The van der Waals surface area contributed by atoms with E-state index < -0.39 is 0 Å². The average Bonchev–Trinajstić information content (AvgIpc) is 1.99. The summed E-state index contributed by atoms with van der Waals surface area (Å²) < 4.78 is 0. The lowest BCUT2D eigenvalue weighted by Gasteiger charge is -2.07. The van der Waals surface area contributed by atoms with Gasteiger partial charge in [0.05, 0.1) is 6.10 Å². The van der Waals surface area contributed by atoms with E-state index in [9.17, 15) is 5.11 Å². The smallest absolute Gasteiger partial charge is 0.0540 e. The molecule has 0 rings (SSSR count). The molecule has 0 aromatic heterocycles. The van der Waals surface area contributed by atoms with Gasteiger partial charge < -0.3 is 5.11 Å². The van der Waals surface area contributed by atoms with Crippen molar-refractivity contribution in [3.8, 4) is 0 Å². The monoisotopic (exact) mass is 222 g/mol. The molecule has 0 bridgehead atoms. The summed E-state index contributed by atoms with van der Waals surface area (Å²) in [5.41, 5.74) is 0. The predicted molar refractivity (Wildman–Crippen MR) is 53.2 cm³/mol. The van der Waals surface area contributed by atoms with Gasteiger partial charge in [-0.3, -0.25) is 0 Å². The quantitative estimate of drug-likeness (QED) is 0.519. The van der Waals surface area contributed by atoms with E-state index in [1.54, 1.807) is 0 Å². The minimum absolute atomic E-state index is 0.0460. The molecule has 0 spiro atoms. The topological polar surface area (TPSA) is 20.2 Å². The van der Waals surface area contributed by atoms with Gasteiger partial charge in [0.15, 0.2) is 0 Å². The lowest BCUT2D eigenvalue weighted by molar-refractivity contribution is 0.150. The number of aliphatic hydroxyl groups excluding tert-OH is 1. The van der Waals surface area contributed by atoms with E-state index >= 15 is 0 Å². The second-order valence-corrected chi connectivity index (χ2v) is 3.77. The number of alkyl halides is 1. The van der Waals surface area contributed by atoms with E-state index in [4.69, 9.17) is 0 Å². The van der Waals surface area contributed by atoms with Crippen LogP contribution in [0, 0.1) is 0 Å². The van der Waals surface area contributed by atoms with Gasteiger partial charge in [-0.05, 0) is 19.3 Å². The molecular weight excluding hydrogens is 204 g/mol. The first-order valence-corrected chi connectivity index (χ1v) is 5.67. The Hall–Kier alpha value is 0.440. The Labute approximate surface area is 78.3 Å². The zero-order valence-corrected chi connectivity index (χ0v) is 8.94. The zero-order valence-electron chi connectivity index (χ0n) is 7.35. The molecule has 0 saturated carbocycles. The minimum Gasteiger partial charge on any atom is -0.393 e. The molecule has 1 atom stereocenters. The van der Waals surface area contributed by atoms with Crippen LogP contribution < -0.4 is 0 Å². The van der Waals surface area contributed by atoms with Crippen molar-refractivity contribution in [2.45, 2.75) is 51.6 Å². The number of halogens is 1. The number of unbranched alkanes of at least 4 members (excludes halogenated alkanes) is 2. The Morgan fingerprint density at radius 2 is 1.91 bits per heavy atom. The van der Waals surface area contributed by atoms with Crippen LogP contribution in [0.2, 0.25) is 0 Å². The molecule has 2 heteroatoms. The number of aliphatic hydroxyl groups is 1. The number of hydrogen-bond acceptors (Lipinski definition) is 1. The first-order chi connectivity index (χ1) is 5.31. The summed E-state index contributed by atoms with van der Waals surface area (Å²) in [6.45, 7) is 2.11. The average molecular weight is 223 g/mol. The molecule has 0 aliphatic heterocycles. The van der Waals surface area contributed by atoms with Gasteiger partial charge in [0.25, 0.3) is 0 Å². The summed E-state index contributed by atoms with van der Waals surface area (Å²) >= 11 is 3.38. The van der Waals surface area contributed by atoms with Crippen molar-refractivity contribution in [3.63, 3.8) is 0 Å². The van der Waals surface area contributed by atoms with Crippen LogP contribution in [-0.2, 0) is 0 Å². The highest BCUT2D eigenvalue weighted by molar-refractivity contribution is 9.09. The summed E-state index contributed by atoms with van der Waals surface area (Å²) in [6, 6.07) is 0. The maximum atomic E-state index is 9.34. The molecule has 0 radical (unpaired) electrons. The van der Waals surface area contributed by atoms with Gasteiger partial charge in [0, 0.05) is 5.33 Å². The summed E-state index contributed by atoms with van der Waals surface area (Å²) in [6.07, 6.45) is 6.65. The molecule has 11 heavy (non-hydrogen) atoms. The van der Waals surface area contributed by atoms with E-state index in [0.717, 1.165) is 24.6 Å². The Morgan fingerprint density at radius 1 is 1.18 bits per heavy atom. The Balaban J connectivity index is 2.97. The fraction of sp³-hybridized carbons (Fsp3) is 1.00. The maximum absolute atomic E-state index is 9.34. The largest absolute Gasteiger partial charge is 0.393 e. The van der Waals surface area contributed by atoms with Crippen molar-refractivity contribution in [1.82, 2.24) is 0 Å². The lowest BCUT2D eigenvalue weighted by Crippen LogP contribution is -2.04. The highest BCUT2D eigenvalue weighted by Gasteiger charge is 2.00. The van der Waals surface area contributed by atoms with Crippen molar-refractivity contribution >= 4 is 15.9 Å². The highest BCUT2D eigenvalue weighted by Crippen LogP contribution is 2.08. The van der Waals surface area contributed by atoms with Crippen LogP contribution in [0.25, 0.3) is 0 Å². The molecule has 1 nitrogen and oxygen atoms in total. The van der Waals surface area contributed by atoms with Crippen LogP contribution in [0.4, 0.5) is 0 Å². The SMILES string of the molecule is CCC[C@H](O)CCCCCBr. The lowest BCUT2D eigenvalue weighted by atomic mass is 10.1. The fourth-order valence-corrected chi connectivity index (χ4v) is 1.53. The molecule has 0 aliphatic rings. The van der Waals surface area contributed by atoms with Crippen molar-refractivity contribution < 1.29 is 5.11 Å². The van der Waals surface area contributed by atoms with Crippen molar-refractivity contribution in [2.24, 2.45) is 0 Å². The molecule has 0 aliphatic carbocycles. The molecule has 0 amide bonds. The first kappa shape index (κ1) is 11.4. The fourth-order valence-electron chi connectivity index (χ4n) is 1.13. The predicted octanol–water partition coefficient (Wildman–Crippen LogP) is 3.10. The third kappa shape index (κ3) is 8.35. The molecule has 0 aromatic rings. The van der Waals surface area contributed by atoms with E-state index in [1.165, 1.54) is 19.3 Å². The highest BCUT2D eigenvalue weighted by atomic mass is 79.9. The molecule has 1 N–H and O–H groups in total. The van der Waals surface area contributed by atoms with E-state index in [2.05, 4.69) is 22.9 Å². The van der Waals surface area contributed by atoms with Gasteiger partial charge >= 0.3 is 0 Å². The molecule has 68 valence electrons. The Morgan fingerprint density at radius 3 is 2.45 bits per heavy atom. The van der Waals surface area contributed by atoms with Crippen LogP contribution >= 0.6 is 15.9 Å². The Bertz CT molecular complexity index is 76.0. The van der Waals surface area contributed by atoms with Crippen molar-refractivity contribution in [2.75, 3.05) is 5.33 Å². The zero-order chi connectivity index (χ0) is 8.53. The minimum atomic E-state index is -0.0460. The van der Waals surface area contributed by atoms with Crippen LogP contribution in [0.3, 0.4) is 0 Å². The maximum Gasteiger partial charge on any atom is 0.0540 e. The van der Waals surface area contributed by atoms with Crippen molar-refractivity contribution in [3.05, 3.63) is 0 Å². The normalized spacial score (nSPS) is 13.4. The van der Waals surface area contributed by atoms with Gasteiger partial charge in [-0.25, -0.2) is 0 Å². The Kier molecular flexibility index (Phi) is 8.88. The van der Waals surface area contributed by atoms with Crippen LogP contribution in [0.15, 0.2) is 0 Å². The second kappa shape index (κ2) is 8.54. The van der Waals surface area contributed by atoms with Gasteiger partial charge in [-0.1, -0.05) is 42.1 Å². The summed E-state index contributed by atoms with van der Waals surface area (Å²) in [7, 11) is 0. The van der Waals surface area contributed by atoms with Gasteiger partial charge in [0.1, 0.15) is 0 Å². The molecule has 0 aromatic carbocycles. The molecular formula is C9H19BrO. The third-order valence-corrected chi connectivity index (χ3v) is 2.35. The van der Waals surface area contributed by atoms with Crippen LogP contribution in [0.5, 0.6) is 0 Å². The van der Waals surface area contributed by atoms with Crippen LogP contribution in [0.1, 0.15) is 45.4 Å². The van der Waals surface area contributed by atoms with Crippen LogP contribution in [-0.4, -0.2) is 16.5 Å². The molecule has 0 saturated heterocycles. The number of hydrogen-bond donors (Lipinski definition) is 1. The third-order valence-electron chi connectivity index (χ3n) is 1.79. The second-order valence-electron chi connectivity index (χ2n) is 2.98. The van der Waals surface area contributed by atoms with E-state index in [0.29, 0.717) is 0 Å². The summed E-state index contributed by atoms with van der Waals surface area (Å²) in [4.78, 5) is 0. The standard InChI is InChI=1S/C9H19BrO/c1-2-6-9(11)7-4-3-5-8-10/h9,11H,2-8H2,1H3/t9-/m0/s1. The van der Waals surface area contributed by atoms with Gasteiger partial charge in [-0.15, -0.1) is 0 Å². The van der Waals surface area contributed by atoms with Crippen molar-refractivity contribution in [1.29, 1.82) is 0 Å². The van der Waals surface area contributed by atoms with E-state index in [-0.39, 0.29) is 6.10 Å². The summed E-state index contributed by atoms with van der Waals surface area (Å²) in [5, 5.41) is 10.4. The van der Waals surface area contributed by atoms with Gasteiger partial charge in [-0.2, -0.15) is 0 Å². The molecule has 0 unspecified atom stereocenters. The summed E-state index contributed by atoms with van der Waals surface area (Å²) in [5.74, 6) is 0. The first-order valence-electron chi connectivity index (χ1n) is 4.55. The number of rotatable bonds is 7.